The van der Waals surface area contributed by atoms with E-state index in [1.165, 1.54) is 19.0 Å². The second kappa shape index (κ2) is 10.0. The number of nitrogens with one attached hydrogen (secondary N) is 2. The molecule has 0 aromatic heterocycles. The number of hydrogen-bond acceptors (Lipinski definition) is 8. The molecule has 0 saturated heterocycles. The van der Waals surface area contributed by atoms with E-state index in [0.29, 0.717) is 0 Å². The van der Waals surface area contributed by atoms with Gasteiger partial charge in [0.05, 0.1) is 16.6 Å². The summed E-state index contributed by atoms with van der Waals surface area (Å²) in [6.07, 6.45) is 0.885. The van der Waals surface area contributed by atoms with Gasteiger partial charge in [-0.2, -0.15) is 0 Å². The maximum Gasteiger partial charge on any atom is 0.409 e. The van der Waals surface area contributed by atoms with Crippen LogP contribution < -0.4 is 0 Å². The second-order valence-corrected chi connectivity index (χ2v) is 5.75. The van der Waals surface area contributed by atoms with Crippen molar-refractivity contribution >= 4 is 30.5 Å². The van der Waals surface area contributed by atoms with E-state index in [0.717, 1.165) is 12.4 Å². The van der Waals surface area contributed by atoms with Crippen molar-refractivity contribution in [3.8, 4) is 0 Å². The first-order valence-corrected chi connectivity index (χ1v) is 7.13. The first-order chi connectivity index (χ1) is 11.6. The molecule has 0 rings (SSSR count). The Labute approximate surface area is 146 Å². The summed E-state index contributed by atoms with van der Waals surface area (Å²) in [7, 11) is 3.00. The molecule has 0 heterocycles. The van der Waals surface area contributed by atoms with Crippen LogP contribution in [0.2, 0.25) is 0 Å². The van der Waals surface area contributed by atoms with Crippen molar-refractivity contribution in [1.29, 1.82) is 10.8 Å². The summed E-state index contributed by atoms with van der Waals surface area (Å²) in [6, 6.07) is 0. The smallest absolute Gasteiger partial charge is 0.409 e. The van der Waals surface area contributed by atoms with Crippen LogP contribution in [0.4, 0.5) is 4.79 Å². The van der Waals surface area contributed by atoms with Crippen LogP contribution in [-0.4, -0.2) is 69.3 Å². The highest BCUT2D eigenvalue weighted by Gasteiger charge is 2.31. The van der Waals surface area contributed by atoms with E-state index in [9.17, 15) is 14.4 Å². The Balaban J connectivity index is 4.97. The molecule has 0 atom stereocenters. The van der Waals surface area contributed by atoms with Crippen molar-refractivity contribution in [1.82, 2.24) is 4.90 Å². The predicted octanol–water partition coefficient (Wildman–Crippen LogP) is 1.19. The number of amides is 1. The van der Waals surface area contributed by atoms with Gasteiger partial charge in [0.1, 0.15) is 19.8 Å². The van der Waals surface area contributed by atoms with Crippen LogP contribution in [0.3, 0.4) is 0 Å². The highest BCUT2D eigenvalue weighted by molar-refractivity contribution is 6.08. The molecule has 0 aliphatic heterocycles. The second-order valence-electron chi connectivity index (χ2n) is 5.75. The van der Waals surface area contributed by atoms with Crippen LogP contribution in [0.25, 0.3) is 0 Å². The van der Waals surface area contributed by atoms with E-state index >= 15 is 0 Å². The van der Waals surface area contributed by atoms with Crippen LogP contribution in [-0.2, 0) is 23.8 Å². The molecule has 0 aliphatic carbocycles. The fraction of sp³-hybridized carbons (Fsp3) is 0.438. The number of ether oxygens (including phenoxy) is 3. The summed E-state index contributed by atoms with van der Waals surface area (Å²) in [5.41, 5.74) is -1.34. The van der Waals surface area contributed by atoms with Gasteiger partial charge in [0.2, 0.25) is 0 Å². The van der Waals surface area contributed by atoms with Gasteiger partial charge in [-0.1, -0.05) is 13.2 Å². The van der Waals surface area contributed by atoms with Crippen molar-refractivity contribution in [3.05, 3.63) is 24.3 Å². The van der Waals surface area contributed by atoms with Gasteiger partial charge in [0.15, 0.2) is 0 Å². The van der Waals surface area contributed by atoms with Gasteiger partial charge in [-0.15, -0.1) is 0 Å². The maximum absolute atomic E-state index is 11.6. The van der Waals surface area contributed by atoms with Crippen LogP contribution in [0, 0.1) is 16.2 Å². The fourth-order valence-corrected chi connectivity index (χ4v) is 1.27. The number of carbonyl (C=O) groups is 3. The SMILES string of the molecule is C=C(C=N)C(=O)OCC(C)(COC(=O)C(=C)C=N)COC(=O)N(C)C. The quantitative estimate of drug-likeness (QED) is 0.263. The minimum Gasteiger partial charge on any atom is -0.461 e. The molecular weight excluding hydrogens is 330 g/mol. The standard InChI is InChI=1S/C16H23N3O6/c1-11(6-17)13(20)23-8-16(3,10-25-15(22)19(4)5)9-24-14(21)12(2)7-18/h6-7,17-18H,1-2,8-10H2,3-5H3. The number of rotatable bonds is 10. The molecule has 0 bridgehead atoms. The van der Waals surface area contributed by atoms with Gasteiger partial charge in [-0.25, -0.2) is 14.4 Å². The van der Waals surface area contributed by atoms with E-state index in [4.69, 9.17) is 25.0 Å². The molecule has 9 nitrogen and oxygen atoms in total. The lowest BCUT2D eigenvalue weighted by Gasteiger charge is -2.28. The van der Waals surface area contributed by atoms with Crippen molar-refractivity contribution in [2.24, 2.45) is 5.41 Å². The molecule has 25 heavy (non-hydrogen) atoms. The third-order valence-electron chi connectivity index (χ3n) is 2.89. The molecule has 9 heteroatoms. The largest absolute Gasteiger partial charge is 0.461 e. The summed E-state index contributed by atoms with van der Waals surface area (Å²) in [4.78, 5) is 36.0. The van der Waals surface area contributed by atoms with E-state index in [1.54, 1.807) is 6.92 Å². The molecule has 0 radical (unpaired) electrons. The third kappa shape index (κ3) is 7.91. The zero-order chi connectivity index (χ0) is 19.6. The molecule has 0 aromatic rings. The van der Waals surface area contributed by atoms with Gasteiger partial charge in [0.25, 0.3) is 0 Å². The Morgan fingerprint density at radius 2 is 1.28 bits per heavy atom. The molecule has 0 aliphatic rings. The van der Waals surface area contributed by atoms with Crippen molar-refractivity contribution in [2.75, 3.05) is 33.9 Å². The molecule has 0 spiro atoms. The van der Waals surface area contributed by atoms with Gasteiger partial charge in [0, 0.05) is 26.5 Å². The Hall–Kier alpha value is -2.97. The first-order valence-electron chi connectivity index (χ1n) is 7.13. The van der Waals surface area contributed by atoms with Gasteiger partial charge in [-0.05, 0) is 6.92 Å². The highest BCUT2D eigenvalue weighted by atomic mass is 16.6. The summed E-state index contributed by atoms with van der Waals surface area (Å²) < 4.78 is 15.1. The molecular formula is C16H23N3O6. The molecule has 0 saturated carbocycles. The monoisotopic (exact) mass is 353 g/mol. The zero-order valence-corrected chi connectivity index (χ0v) is 14.6. The predicted molar refractivity (Wildman–Crippen MR) is 90.9 cm³/mol. The number of nitrogens with zero attached hydrogens (tertiary/aromatic N) is 1. The summed E-state index contributed by atoms with van der Waals surface area (Å²) in [6.45, 7) is 7.59. The average molecular weight is 353 g/mol. The first kappa shape index (κ1) is 22.0. The Bertz CT molecular complexity index is 546. The number of hydrogen-bond donors (Lipinski definition) is 2. The fourth-order valence-electron chi connectivity index (χ4n) is 1.27. The highest BCUT2D eigenvalue weighted by Crippen LogP contribution is 2.20. The van der Waals surface area contributed by atoms with Gasteiger partial charge in [-0.3, -0.25) is 0 Å². The van der Waals surface area contributed by atoms with E-state index < -0.39 is 23.4 Å². The summed E-state index contributed by atoms with van der Waals surface area (Å²) in [5.74, 6) is -1.62. The minimum absolute atomic E-state index is 0.151. The Morgan fingerprint density at radius 1 is 0.920 bits per heavy atom. The minimum atomic E-state index is -1.04. The maximum atomic E-state index is 11.6. The average Bonchev–Trinajstić information content (AvgIpc) is 2.60. The summed E-state index contributed by atoms with van der Waals surface area (Å²) >= 11 is 0. The topological polar surface area (TPSA) is 130 Å². The van der Waals surface area contributed by atoms with Crippen molar-refractivity contribution in [3.63, 3.8) is 0 Å². The van der Waals surface area contributed by atoms with Gasteiger partial charge >= 0.3 is 18.0 Å². The molecule has 1 amide bonds. The van der Waals surface area contributed by atoms with Crippen LogP contribution in [0.5, 0.6) is 0 Å². The van der Waals surface area contributed by atoms with E-state index in [1.807, 2.05) is 0 Å². The lowest BCUT2D eigenvalue weighted by Crippen LogP contribution is -2.38. The Morgan fingerprint density at radius 3 is 1.60 bits per heavy atom. The lowest BCUT2D eigenvalue weighted by atomic mass is 9.94. The molecule has 2 N–H and O–H groups in total. The zero-order valence-electron chi connectivity index (χ0n) is 14.6. The third-order valence-corrected chi connectivity index (χ3v) is 2.89. The molecule has 0 aromatic carbocycles. The summed E-state index contributed by atoms with van der Waals surface area (Å²) in [5, 5.41) is 13.9. The van der Waals surface area contributed by atoms with Crippen LogP contribution in [0.1, 0.15) is 6.92 Å². The van der Waals surface area contributed by atoms with Crippen molar-refractivity contribution < 1.29 is 28.6 Å². The van der Waals surface area contributed by atoms with Crippen molar-refractivity contribution in [2.45, 2.75) is 6.92 Å². The van der Waals surface area contributed by atoms with E-state index in [-0.39, 0.29) is 31.0 Å². The lowest BCUT2D eigenvalue weighted by molar-refractivity contribution is -0.149. The normalized spacial score (nSPS) is 12.1. The van der Waals surface area contributed by atoms with Gasteiger partial charge < -0.3 is 29.9 Å². The number of esters is 2. The molecule has 0 fully saturated rings. The molecule has 0 unspecified atom stereocenters. The van der Waals surface area contributed by atoms with Crippen LogP contribution >= 0.6 is 0 Å². The molecule has 138 valence electrons. The van der Waals surface area contributed by atoms with Crippen LogP contribution in [0.15, 0.2) is 24.3 Å². The van der Waals surface area contributed by atoms with E-state index in [2.05, 4.69) is 13.2 Å². The number of carbonyl (C=O) groups excluding carboxylic acids is 3. The Kier molecular flexibility index (Phi) is 8.82.